The molecule has 2 aliphatic rings. The van der Waals surface area contributed by atoms with Crippen LogP contribution in [0.5, 0.6) is 0 Å². The van der Waals surface area contributed by atoms with Gasteiger partial charge < -0.3 is 16.2 Å². The van der Waals surface area contributed by atoms with Crippen molar-refractivity contribution in [3.05, 3.63) is 11.5 Å². The number of ether oxygens (including phenoxy) is 2. The zero-order chi connectivity index (χ0) is 27.5. The Morgan fingerprint density at radius 2 is 1.86 bits per heavy atom. The zero-order valence-corrected chi connectivity index (χ0v) is 22.3. The van der Waals surface area contributed by atoms with Crippen LogP contribution in [0.1, 0.15) is 0 Å². The maximum absolute atomic E-state index is 12.2. The molecule has 0 bridgehead atoms. The quantitative estimate of drug-likeness (QED) is 0.0916. The Morgan fingerprint density at radius 1 is 1.25 bits per heavy atom. The van der Waals surface area contributed by atoms with E-state index in [0.717, 1.165) is 14.2 Å². The summed E-state index contributed by atoms with van der Waals surface area (Å²) in [5.74, 6) is -0.157. The predicted molar refractivity (Wildman–Crippen MR) is 123 cm³/mol. The summed E-state index contributed by atoms with van der Waals surface area (Å²) in [6.07, 6.45) is -6.32. The van der Waals surface area contributed by atoms with Gasteiger partial charge in [-0.05, 0) is 6.72 Å². The van der Waals surface area contributed by atoms with E-state index >= 15 is 0 Å². The number of phosphoric acid groups is 2. The minimum atomic E-state index is -5.42. The van der Waals surface area contributed by atoms with Gasteiger partial charge in [0.25, 0.3) is 0 Å². The number of nitrogens with two attached hydrogens (primary N) is 1. The molecule has 2 rings (SSSR count). The zero-order valence-electron chi connectivity index (χ0n) is 19.5. The number of phosphoric ester groups is 1. The number of nitrogens with one attached hydrogen (secondary N) is 1. The van der Waals surface area contributed by atoms with E-state index < -0.39 is 61.2 Å². The molecule has 7 unspecified atom stereocenters. The van der Waals surface area contributed by atoms with Crippen LogP contribution >= 0.6 is 23.8 Å². The molecule has 1 saturated heterocycles. The second-order valence-electron chi connectivity index (χ2n) is 7.12. The van der Waals surface area contributed by atoms with Gasteiger partial charge in [0, 0.05) is 0 Å². The first-order chi connectivity index (χ1) is 16.6. The van der Waals surface area contributed by atoms with E-state index in [9.17, 15) is 34.0 Å². The van der Waals surface area contributed by atoms with E-state index in [1.807, 2.05) is 0 Å². The summed E-state index contributed by atoms with van der Waals surface area (Å²) in [5, 5.41) is 23.2. The second-order valence-corrected chi connectivity index (χ2v) is 12.5. The van der Waals surface area contributed by atoms with Gasteiger partial charge in [-0.3, -0.25) is 4.99 Å². The Labute approximate surface area is 206 Å². The van der Waals surface area contributed by atoms with E-state index in [1.165, 1.54) is 19.1 Å². The fraction of sp³-hybridized carbons (Fsp3) is 0.714. The standard InChI is InChI=1S/C14H30N5O14P3/c1-16-8-11(17-14(15)18-12(8)21)19(2)13-9(20)10(27-3)7(31-13)6-30-34(22,23)32-35(24,25)33-36(26,28-4)29-5/h7,9-10,12-13,20-21,26,36H,1,6H2,2-5H3,(H,22,23)(H,24,25)(H3,15,17,18). The molecule has 0 aliphatic carbocycles. The molecule has 19 nitrogen and oxygen atoms in total. The van der Waals surface area contributed by atoms with Crippen LogP contribution in [0.2, 0.25) is 0 Å². The SMILES string of the molecule is C=NC1=C(N(C)C2OC(COP(=O)(O)OP(=O)(O)O[PH](O)(OC)OC)C(OC)C2O)N=C(N)NC1O. The van der Waals surface area contributed by atoms with Gasteiger partial charge in [-0.2, -0.15) is 0 Å². The van der Waals surface area contributed by atoms with E-state index in [1.54, 1.807) is 0 Å². The molecular formula is C14H30N5O14P3. The first-order valence-corrected chi connectivity index (χ1v) is 14.4. The number of nitrogens with zero attached hydrogens (tertiary/aromatic N) is 3. The van der Waals surface area contributed by atoms with Crippen molar-refractivity contribution in [1.82, 2.24) is 10.2 Å². The van der Waals surface area contributed by atoms with Gasteiger partial charge in [0.2, 0.25) is 0 Å². The van der Waals surface area contributed by atoms with Crippen LogP contribution < -0.4 is 11.1 Å². The molecule has 8 N–H and O–H groups in total. The van der Waals surface area contributed by atoms with Gasteiger partial charge in [-0.25, -0.2) is 0 Å². The van der Waals surface area contributed by atoms with E-state index in [-0.39, 0.29) is 17.5 Å². The molecule has 210 valence electrons. The van der Waals surface area contributed by atoms with Crippen molar-refractivity contribution < 1.29 is 65.7 Å². The average Bonchev–Trinajstić information content (AvgIpc) is 3.10. The number of aliphatic imine (C=N–C) groups is 2. The molecular weight excluding hydrogens is 555 g/mol. The number of guanidine groups is 1. The van der Waals surface area contributed by atoms with Gasteiger partial charge in [0.05, 0.1) is 0 Å². The smallest absolute Gasteiger partial charge is 0.370 e. The molecule has 2 heterocycles. The van der Waals surface area contributed by atoms with Crippen LogP contribution in [0.15, 0.2) is 21.5 Å². The Morgan fingerprint density at radius 3 is 2.39 bits per heavy atom. The molecule has 0 aromatic rings. The average molecular weight is 585 g/mol. The molecule has 0 radical (unpaired) electrons. The minimum Gasteiger partial charge on any atom is -0.370 e. The van der Waals surface area contributed by atoms with Crippen molar-refractivity contribution in [1.29, 1.82) is 0 Å². The molecule has 0 aromatic carbocycles. The number of aliphatic hydroxyl groups excluding tert-OH is 2. The second kappa shape index (κ2) is 12.2. The third kappa shape index (κ3) is 7.48. The van der Waals surface area contributed by atoms with E-state index in [2.05, 4.69) is 39.7 Å². The normalized spacial score (nSPS) is 30.7. The number of rotatable bonds is 13. The Balaban J connectivity index is 2.13. The number of methoxy groups -OCH3 is 1. The Bertz CT molecular complexity index is 963. The summed E-state index contributed by atoms with van der Waals surface area (Å²) >= 11 is 0. The monoisotopic (exact) mass is 585 g/mol. The molecule has 0 spiro atoms. The number of hydrogen-bond donors (Lipinski definition) is 7. The van der Waals surface area contributed by atoms with Crippen LogP contribution in [0.25, 0.3) is 0 Å². The van der Waals surface area contributed by atoms with Crippen molar-refractivity contribution in [2.75, 3.05) is 35.0 Å². The maximum atomic E-state index is 12.2. The summed E-state index contributed by atoms with van der Waals surface area (Å²) < 4.78 is 57.2. The topological polar surface area (TPSA) is 266 Å². The first kappa shape index (κ1) is 31.1. The third-order valence-corrected chi connectivity index (χ3v) is 9.83. The molecule has 22 heteroatoms. The molecule has 0 aromatic heterocycles. The molecule has 36 heavy (non-hydrogen) atoms. The van der Waals surface area contributed by atoms with Crippen molar-refractivity contribution in [3.63, 3.8) is 0 Å². The molecule has 0 amide bonds. The number of likely N-dealkylation sites (N-methyl/N-ethyl adjacent to an activating group) is 1. The van der Waals surface area contributed by atoms with Crippen LogP contribution in [-0.2, 0) is 40.8 Å². The fourth-order valence-electron chi connectivity index (χ4n) is 3.18. The molecule has 0 saturated carbocycles. The summed E-state index contributed by atoms with van der Waals surface area (Å²) in [6, 6.07) is 0. The van der Waals surface area contributed by atoms with Gasteiger partial charge in [-0.1, -0.05) is 0 Å². The summed E-state index contributed by atoms with van der Waals surface area (Å²) in [5.41, 5.74) is 5.61. The van der Waals surface area contributed by atoms with Crippen molar-refractivity contribution in [2.24, 2.45) is 15.7 Å². The van der Waals surface area contributed by atoms with Crippen LogP contribution in [-0.4, -0.2) is 108 Å². The van der Waals surface area contributed by atoms with Gasteiger partial charge in [0.15, 0.2) is 12.2 Å². The van der Waals surface area contributed by atoms with Gasteiger partial charge in [0.1, 0.15) is 0 Å². The number of hydrogen-bond acceptors (Lipinski definition) is 17. The van der Waals surface area contributed by atoms with Crippen LogP contribution in [0.4, 0.5) is 0 Å². The van der Waals surface area contributed by atoms with Crippen molar-refractivity contribution in [3.8, 4) is 0 Å². The van der Waals surface area contributed by atoms with Crippen molar-refractivity contribution in [2.45, 2.75) is 30.8 Å². The van der Waals surface area contributed by atoms with Crippen molar-refractivity contribution >= 4 is 36.5 Å². The summed E-state index contributed by atoms with van der Waals surface area (Å²) in [4.78, 5) is 38.3. The fourth-order valence-corrected chi connectivity index (χ4v) is 7.11. The molecule has 2 aliphatic heterocycles. The third-order valence-electron chi connectivity index (χ3n) is 4.82. The first-order valence-electron chi connectivity index (χ1n) is 9.76. The molecule has 1 fully saturated rings. The van der Waals surface area contributed by atoms with E-state index in [0.29, 0.717) is 0 Å². The summed E-state index contributed by atoms with van der Waals surface area (Å²) in [7, 11) is -10.9. The summed E-state index contributed by atoms with van der Waals surface area (Å²) in [6.45, 7) is 2.57. The van der Waals surface area contributed by atoms with E-state index in [4.69, 9.17) is 19.7 Å². The number of aliphatic hydroxyl groups is 2. The van der Waals surface area contributed by atoms with Crippen LogP contribution in [0.3, 0.4) is 0 Å². The Kier molecular flexibility index (Phi) is 10.5. The predicted octanol–water partition coefficient (Wildman–Crippen LogP) is -1.93. The van der Waals surface area contributed by atoms with Crippen LogP contribution in [0, 0.1) is 0 Å². The van der Waals surface area contributed by atoms with Gasteiger partial charge >= 0.3 is 165 Å². The Hall–Kier alpha value is -1.11. The minimum absolute atomic E-state index is 0.00306. The van der Waals surface area contributed by atoms with Gasteiger partial charge in [-0.15, -0.1) is 0 Å². The molecule has 7 atom stereocenters.